The van der Waals surface area contributed by atoms with Gasteiger partial charge in [-0.1, -0.05) is 29.8 Å². The molecular formula is C18H11ClF3NO3. The number of alkyl halides is 3. The smallest absolute Gasteiger partial charge is 0.416 e. The minimum Gasteiger partial charge on any atom is -0.496 e. The average molecular weight is 382 g/mol. The fraction of sp³-hybridized carbons (Fsp3) is 0.111. The zero-order valence-electron chi connectivity index (χ0n) is 13.3. The highest BCUT2D eigenvalue weighted by Gasteiger charge is 2.33. The predicted octanol–water partition coefficient (Wildman–Crippen LogP) is 4.71. The number of benzene rings is 2. The van der Waals surface area contributed by atoms with Gasteiger partial charge in [-0.15, -0.1) is 0 Å². The molecule has 0 N–H and O–H groups in total. The molecule has 0 spiro atoms. The number of carbonyl (C=O) groups excluding carboxylic acids is 1. The summed E-state index contributed by atoms with van der Waals surface area (Å²) >= 11 is 5.94. The van der Waals surface area contributed by atoms with Gasteiger partial charge in [0.25, 0.3) is 0 Å². The topological polar surface area (TPSA) is 47.9 Å². The molecule has 0 saturated carbocycles. The molecule has 26 heavy (non-hydrogen) atoms. The second kappa shape index (κ2) is 6.84. The van der Waals surface area contributed by atoms with Crippen molar-refractivity contribution in [3.8, 4) is 5.75 Å². The van der Waals surface area contributed by atoms with Gasteiger partial charge in [0.1, 0.15) is 5.75 Å². The van der Waals surface area contributed by atoms with Crippen molar-refractivity contribution in [2.75, 3.05) is 7.11 Å². The monoisotopic (exact) mass is 381 g/mol. The van der Waals surface area contributed by atoms with E-state index < -0.39 is 17.7 Å². The van der Waals surface area contributed by atoms with Crippen molar-refractivity contribution in [3.05, 3.63) is 69.9 Å². The van der Waals surface area contributed by atoms with Crippen LogP contribution in [0.3, 0.4) is 0 Å². The van der Waals surface area contributed by atoms with Crippen molar-refractivity contribution in [2.45, 2.75) is 6.18 Å². The third kappa shape index (κ3) is 3.57. The SMILES string of the molecule is COc1ccc(Cl)cc1C1=N/C(=C/c2ccccc2C(F)(F)F)C(=O)O1. The summed E-state index contributed by atoms with van der Waals surface area (Å²) in [4.78, 5) is 16.1. The van der Waals surface area contributed by atoms with Crippen molar-refractivity contribution in [2.24, 2.45) is 4.99 Å². The maximum absolute atomic E-state index is 13.1. The first-order valence-electron chi connectivity index (χ1n) is 7.32. The van der Waals surface area contributed by atoms with Crippen LogP contribution in [-0.4, -0.2) is 19.0 Å². The van der Waals surface area contributed by atoms with Crippen LogP contribution in [0.2, 0.25) is 5.02 Å². The molecule has 8 heteroatoms. The van der Waals surface area contributed by atoms with Crippen molar-refractivity contribution < 1.29 is 27.4 Å². The minimum atomic E-state index is -4.56. The quantitative estimate of drug-likeness (QED) is 0.571. The molecule has 0 unspecified atom stereocenters. The number of hydrogen-bond acceptors (Lipinski definition) is 4. The van der Waals surface area contributed by atoms with Crippen molar-refractivity contribution in [3.63, 3.8) is 0 Å². The lowest BCUT2D eigenvalue weighted by atomic mass is 10.1. The van der Waals surface area contributed by atoms with E-state index >= 15 is 0 Å². The Morgan fingerprint density at radius 2 is 1.92 bits per heavy atom. The molecule has 1 aliphatic rings. The number of rotatable bonds is 3. The number of esters is 1. The van der Waals surface area contributed by atoms with E-state index in [0.717, 1.165) is 12.1 Å². The minimum absolute atomic E-state index is 0.0925. The van der Waals surface area contributed by atoms with E-state index in [4.69, 9.17) is 21.1 Å². The molecule has 4 nitrogen and oxygen atoms in total. The molecule has 3 rings (SSSR count). The number of hydrogen-bond donors (Lipinski definition) is 0. The second-order valence-electron chi connectivity index (χ2n) is 5.27. The lowest BCUT2D eigenvalue weighted by Crippen LogP contribution is -2.08. The van der Waals surface area contributed by atoms with Crippen LogP contribution in [0, 0.1) is 0 Å². The van der Waals surface area contributed by atoms with Crippen LogP contribution in [0.5, 0.6) is 5.75 Å². The van der Waals surface area contributed by atoms with E-state index in [1.54, 1.807) is 12.1 Å². The van der Waals surface area contributed by atoms with E-state index in [-0.39, 0.29) is 17.2 Å². The highest BCUT2D eigenvalue weighted by atomic mass is 35.5. The number of ether oxygens (including phenoxy) is 2. The molecule has 1 aliphatic heterocycles. The summed E-state index contributed by atoms with van der Waals surface area (Å²) < 4.78 is 49.5. The average Bonchev–Trinajstić information content (AvgIpc) is 2.95. The molecular weight excluding hydrogens is 371 g/mol. The normalized spacial score (nSPS) is 15.8. The molecule has 134 valence electrons. The lowest BCUT2D eigenvalue weighted by Gasteiger charge is -2.09. The molecule has 2 aromatic carbocycles. The van der Waals surface area contributed by atoms with Gasteiger partial charge in [-0.05, 0) is 35.9 Å². The Hall–Kier alpha value is -2.80. The van der Waals surface area contributed by atoms with E-state index in [1.807, 2.05) is 0 Å². The van der Waals surface area contributed by atoms with Crippen LogP contribution in [0.4, 0.5) is 13.2 Å². The third-order valence-corrected chi connectivity index (χ3v) is 3.81. The number of carbonyl (C=O) groups is 1. The summed E-state index contributed by atoms with van der Waals surface area (Å²) in [6.07, 6.45) is -3.52. The van der Waals surface area contributed by atoms with Gasteiger partial charge in [0.15, 0.2) is 5.70 Å². The van der Waals surface area contributed by atoms with Crippen LogP contribution in [0.15, 0.2) is 53.2 Å². The predicted molar refractivity (Wildman–Crippen MR) is 90.1 cm³/mol. The summed E-state index contributed by atoms with van der Waals surface area (Å²) in [5, 5.41) is 0.361. The van der Waals surface area contributed by atoms with Crippen LogP contribution in [0.1, 0.15) is 16.7 Å². The molecule has 0 aromatic heterocycles. The molecule has 0 saturated heterocycles. The van der Waals surface area contributed by atoms with Gasteiger partial charge in [-0.3, -0.25) is 0 Å². The first-order chi connectivity index (χ1) is 12.3. The Bertz CT molecular complexity index is 936. The summed E-state index contributed by atoms with van der Waals surface area (Å²) in [6.45, 7) is 0. The van der Waals surface area contributed by atoms with E-state index in [9.17, 15) is 18.0 Å². The lowest BCUT2D eigenvalue weighted by molar-refractivity contribution is -0.137. The van der Waals surface area contributed by atoms with Crippen LogP contribution >= 0.6 is 11.6 Å². The molecule has 1 heterocycles. The van der Waals surface area contributed by atoms with Crippen molar-refractivity contribution in [1.29, 1.82) is 0 Å². The zero-order chi connectivity index (χ0) is 18.9. The summed E-state index contributed by atoms with van der Waals surface area (Å²) in [5.41, 5.74) is -0.987. The molecule has 0 fully saturated rings. The van der Waals surface area contributed by atoms with Gasteiger partial charge in [-0.25, -0.2) is 9.79 Å². The Labute approximate surface area is 151 Å². The van der Waals surface area contributed by atoms with Crippen LogP contribution < -0.4 is 4.74 Å². The molecule has 0 amide bonds. The van der Waals surface area contributed by atoms with Gasteiger partial charge >= 0.3 is 12.1 Å². The van der Waals surface area contributed by atoms with E-state index in [0.29, 0.717) is 16.3 Å². The van der Waals surface area contributed by atoms with Gasteiger partial charge < -0.3 is 9.47 Å². The number of cyclic esters (lactones) is 1. The maximum atomic E-state index is 13.1. The van der Waals surface area contributed by atoms with Crippen molar-refractivity contribution in [1.82, 2.24) is 0 Å². The fourth-order valence-corrected chi connectivity index (χ4v) is 2.57. The molecule has 0 atom stereocenters. The fourth-order valence-electron chi connectivity index (χ4n) is 2.40. The van der Waals surface area contributed by atoms with Gasteiger partial charge in [0.2, 0.25) is 5.90 Å². The summed E-state index contributed by atoms with van der Waals surface area (Å²) in [5.74, 6) is -0.595. The summed E-state index contributed by atoms with van der Waals surface area (Å²) in [6, 6.07) is 9.51. The Morgan fingerprint density at radius 1 is 1.19 bits per heavy atom. The first-order valence-corrected chi connectivity index (χ1v) is 7.70. The maximum Gasteiger partial charge on any atom is 0.416 e. The second-order valence-corrected chi connectivity index (χ2v) is 5.70. The molecule has 0 bridgehead atoms. The number of methoxy groups -OCH3 is 1. The molecule has 2 aromatic rings. The highest BCUT2D eigenvalue weighted by Crippen LogP contribution is 2.34. The Morgan fingerprint density at radius 3 is 2.62 bits per heavy atom. The van der Waals surface area contributed by atoms with E-state index in [2.05, 4.69) is 4.99 Å². The van der Waals surface area contributed by atoms with Gasteiger partial charge in [0, 0.05) is 5.02 Å². The number of halogens is 4. The van der Waals surface area contributed by atoms with E-state index in [1.165, 1.54) is 31.4 Å². The van der Waals surface area contributed by atoms with Crippen LogP contribution in [0.25, 0.3) is 6.08 Å². The third-order valence-electron chi connectivity index (χ3n) is 3.57. The van der Waals surface area contributed by atoms with Gasteiger partial charge in [0.05, 0.1) is 18.2 Å². The number of nitrogens with zero attached hydrogens (tertiary/aromatic N) is 1. The summed E-state index contributed by atoms with van der Waals surface area (Å²) in [7, 11) is 1.42. The van der Waals surface area contributed by atoms with Crippen molar-refractivity contribution >= 4 is 29.5 Å². The van der Waals surface area contributed by atoms with Gasteiger partial charge in [-0.2, -0.15) is 13.2 Å². The molecule has 0 radical (unpaired) electrons. The number of aliphatic imine (C=N–C) groups is 1. The Balaban J connectivity index is 2.05. The molecule has 0 aliphatic carbocycles. The Kier molecular flexibility index (Phi) is 4.73. The first kappa shape index (κ1) is 18.0. The standard InChI is InChI=1S/C18H11ClF3NO3/c1-25-15-7-6-11(19)9-12(15)16-23-14(17(24)26-16)8-10-4-2-3-5-13(10)18(20,21)22/h2-9H,1H3/b14-8+. The van der Waals surface area contributed by atoms with Crippen LogP contribution in [-0.2, 0) is 15.7 Å². The zero-order valence-corrected chi connectivity index (χ0v) is 14.1. The largest absolute Gasteiger partial charge is 0.496 e. The highest BCUT2D eigenvalue weighted by molar-refractivity contribution is 6.31.